The highest BCUT2D eigenvalue weighted by Crippen LogP contribution is 2.23. The Labute approximate surface area is 132 Å². The van der Waals surface area contributed by atoms with Crippen LogP contribution < -0.4 is 5.32 Å². The maximum absolute atomic E-state index is 12.8. The van der Waals surface area contributed by atoms with E-state index >= 15 is 0 Å². The third-order valence-corrected chi connectivity index (χ3v) is 5.03. The summed E-state index contributed by atoms with van der Waals surface area (Å²) in [5, 5.41) is 11.7. The Kier molecular flexibility index (Phi) is 4.76. The van der Waals surface area contributed by atoms with Gasteiger partial charge in [0, 0.05) is 12.6 Å². The summed E-state index contributed by atoms with van der Waals surface area (Å²) >= 11 is 0. The van der Waals surface area contributed by atoms with Crippen molar-refractivity contribution in [2.75, 3.05) is 19.6 Å². The molecular weight excluding hydrogens is 278 g/mol. The fourth-order valence-electron chi connectivity index (χ4n) is 3.58. The van der Waals surface area contributed by atoms with Crippen molar-refractivity contribution in [2.24, 2.45) is 5.92 Å². The van der Waals surface area contributed by atoms with Crippen molar-refractivity contribution in [3.8, 4) is 0 Å². The molecule has 3 heterocycles. The van der Waals surface area contributed by atoms with Gasteiger partial charge in [0.2, 0.25) is 0 Å². The number of nitrogens with one attached hydrogen (secondary N) is 1. The number of rotatable bonds is 2. The largest absolute Gasteiger partial charge is 0.334 e. The van der Waals surface area contributed by atoms with Gasteiger partial charge in [-0.1, -0.05) is 18.6 Å². The van der Waals surface area contributed by atoms with E-state index in [-0.39, 0.29) is 5.91 Å². The first-order valence-electron chi connectivity index (χ1n) is 8.58. The molecule has 0 saturated carbocycles. The van der Waals surface area contributed by atoms with E-state index in [9.17, 15) is 4.79 Å². The lowest BCUT2D eigenvalue weighted by molar-refractivity contribution is 0.0671. The van der Waals surface area contributed by atoms with Gasteiger partial charge in [-0.3, -0.25) is 4.79 Å². The number of aromatic nitrogens is 3. The lowest BCUT2D eigenvalue weighted by Gasteiger charge is -2.27. The minimum absolute atomic E-state index is 0.0430. The zero-order valence-electron chi connectivity index (χ0n) is 13.7. The zero-order valence-corrected chi connectivity index (χ0v) is 13.7. The van der Waals surface area contributed by atoms with Crippen molar-refractivity contribution < 1.29 is 4.79 Å². The molecule has 122 valence electrons. The van der Waals surface area contributed by atoms with Crippen molar-refractivity contribution in [1.29, 1.82) is 0 Å². The second-order valence-corrected chi connectivity index (χ2v) is 6.91. The van der Waals surface area contributed by atoms with Gasteiger partial charge in [0.05, 0.1) is 12.2 Å². The molecule has 0 aliphatic carbocycles. The number of carbonyl (C=O) groups is 1. The van der Waals surface area contributed by atoms with E-state index in [0.717, 1.165) is 38.9 Å². The molecule has 2 aliphatic rings. The highest BCUT2D eigenvalue weighted by atomic mass is 16.2. The van der Waals surface area contributed by atoms with Crippen molar-refractivity contribution in [3.05, 3.63) is 11.9 Å². The number of piperidine rings is 1. The molecule has 0 bridgehead atoms. The zero-order chi connectivity index (χ0) is 15.5. The molecule has 0 aromatic carbocycles. The molecule has 1 amide bonds. The van der Waals surface area contributed by atoms with Gasteiger partial charge in [-0.2, -0.15) is 0 Å². The first kappa shape index (κ1) is 15.5. The number of nitrogens with zero attached hydrogens (tertiary/aromatic N) is 4. The fraction of sp³-hybridized carbons (Fsp3) is 0.812. The van der Waals surface area contributed by atoms with Gasteiger partial charge < -0.3 is 10.2 Å². The Morgan fingerprint density at radius 3 is 2.77 bits per heavy atom. The van der Waals surface area contributed by atoms with Crippen molar-refractivity contribution >= 4 is 5.91 Å². The molecule has 1 aromatic rings. The maximum Gasteiger partial charge on any atom is 0.276 e. The first-order chi connectivity index (χ1) is 10.6. The van der Waals surface area contributed by atoms with Crippen LogP contribution in [0, 0.1) is 5.92 Å². The van der Waals surface area contributed by atoms with Crippen LogP contribution in [0.4, 0.5) is 0 Å². The summed E-state index contributed by atoms with van der Waals surface area (Å²) in [6.07, 6.45) is 7.44. The molecule has 2 unspecified atom stereocenters. The van der Waals surface area contributed by atoms with Crippen molar-refractivity contribution in [3.63, 3.8) is 0 Å². The van der Waals surface area contributed by atoms with E-state index in [1.807, 2.05) is 15.8 Å². The van der Waals surface area contributed by atoms with Crippen molar-refractivity contribution in [2.45, 2.75) is 58.0 Å². The third kappa shape index (κ3) is 3.32. The normalized spacial score (nSPS) is 27.6. The number of likely N-dealkylation sites (tertiary alicyclic amines) is 1. The quantitative estimate of drug-likeness (QED) is 0.906. The van der Waals surface area contributed by atoms with Crippen LogP contribution in [0.3, 0.4) is 0 Å². The van der Waals surface area contributed by atoms with E-state index in [4.69, 9.17) is 0 Å². The van der Waals surface area contributed by atoms with Crippen LogP contribution in [0.2, 0.25) is 0 Å². The summed E-state index contributed by atoms with van der Waals surface area (Å²) < 4.78 is 1.89. The highest BCUT2D eigenvalue weighted by Gasteiger charge is 2.28. The van der Waals surface area contributed by atoms with Crippen LogP contribution in [-0.4, -0.2) is 51.5 Å². The van der Waals surface area contributed by atoms with E-state index in [1.165, 1.54) is 12.8 Å². The van der Waals surface area contributed by atoms with Gasteiger partial charge in [-0.05, 0) is 51.6 Å². The number of hydrogen-bond acceptors (Lipinski definition) is 4. The molecule has 1 aromatic heterocycles. The molecule has 22 heavy (non-hydrogen) atoms. The third-order valence-electron chi connectivity index (χ3n) is 5.03. The lowest BCUT2D eigenvalue weighted by Crippen LogP contribution is -2.40. The smallest absolute Gasteiger partial charge is 0.276 e. The molecule has 1 N–H and O–H groups in total. The van der Waals surface area contributed by atoms with Crippen LogP contribution in [-0.2, 0) is 0 Å². The van der Waals surface area contributed by atoms with Gasteiger partial charge >= 0.3 is 0 Å². The minimum atomic E-state index is 0.0430. The topological polar surface area (TPSA) is 63.1 Å². The number of amides is 1. The van der Waals surface area contributed by atoms with Gasteiger partial charge in [0.1, 0.15) is 0 Å². The molecular formula is C16H27N5O. The second-order valence-electron chi connectivity index (χ2n) is 6.91. The Balaban J connectivity index is 1.72. The Morgan fingerprint density at radius 2 is 2.00 bits per heavy atom. The van der Waals surface area contributed by atoms with Gasteiger partial charge in [0.15, 0.2) is 5.69 Å². The number of carbonyl (C=O) groups excluding carboxylic acids is 1. The molecule has 3 rings (SSSR count). The van der Waals surface area contributed by atoms with Gasteiger partial charge in [0.25, 0.3) is 5.91 Å². The summed E-state index contributed by atoms with van der Waals surface area (Å²) in [5.74, 6) is 0.606. The standard InChI is InChI=1S/C16H27N5O/c1-12-4-3-5-13(2)20(10-12)16(22)15-11-21(19-18-15)14-6-8-17-9-7-14/h11-14,17H,3-10H2,1-2H3. The Hall–Kier alpha value is -1.43. The highest BCUT2D eigenvalue weighted by molar-refractivity contribution is 5.92. The molecule has 2 saturated heterocycles. The second kappa shape index (κ2) is 6.77. The van der Waals surface area contributed by atoms with Gasteiger partial charge in [-0.25, -0.2) is 4.68 Å². The van der Waals surface area contributed by atoms with Crippen LogP contribution >= 0.6 is 0 Å². The molecule has 0 radical (unpaired) electrons. The predicted molar refractivity (Wildman–Crippen MR) is 84.7 cm³/mol. The maximum atomic E-state index is 12.8. The van der Waals surface area contributed by atoms with Crippen LogP contribution in [0.1, 0.15) is 62.5 Å². The molecule has 2 atom stereocenters. The molecule has 6 heteroatoms. The summed E-state index contributed by atoms with van der Waals surface area (Å²) in [7, 11) is 0. The monoisotopic (exact) mass is 305 g/mol. The molecule has 6 nitrogen and oxygen atoms in total. The molecule has 0 spiro atoms. The summed E-state index contributed by atoms with van der Waals surface area (Å²) in [6, 6.07) is 0.664. The van der Waals surface area contributed by atoms with Crippen LogP contribution in [0.25, 0.3) is 0 Å². The average molecular weight is 305 g/mol. The van der Waals surface area contributed by atoms with Gasteiger partial charge in [-0.15, -0.1) is 5.10 Å². The van der Waals surface area contributed by atoms with Crippen molar-refractivity contribution in [1.82, 2.24) is 25.2 Å². The summed E-state index contributed by atoms with van der Waals surface area (Å²) in [6.45, 7) is 7.22. The Bertz CT molecular complexity index is 508. The predicted octanol–water partition coefficient (Wildman–Crippen LogP) is 1.85. The summed E-state index contributed by atoms with van der Waals surface area (Å²) in [4.78, 5) is 14.8. The van der Waals surface area contributed by atoms with Crippen LogP contribution in [0.5, 0.6) is 0 Å². The van der Waals surface area contributed by atoms with E-state index < -0.39 is 0 Å². The summed E-state index contributed by atoms with van der Waals surface area (Å²) in [5.41, 5.74) is 0.500. The SMILES string of the molecule is CC1CCCC(C)N(C(=O)c2cn(C3CCNCC3)nn2)C1. The van der Waals surface area contributed by atoms with E-state index in [1.54, 1.807) is 0 Å². The Morgan fingerprint density at radius 1 is 1.23 bits per heavy atom. The fourth-order valence-corrected chi connectivity index (χ4v) is 3.58. The first-order valence-corrected chi connectivity index (χ1v) is 8.58. The minimum Gasteiger partial charge on any atom is -0.334 e. The number of hydrogen-bond donors (Lipinski definition) is 1. The molecule has 2 fully saturated rings. The lowest BCUT2D eigenvalue weighted by atomic mass is 10.1. The molecule has 2 aliphatic heterocycles. The van der Waals surface area contributed by atoms with Crippen LogP contribution in [0.15, 0.2) is 6.20 Å². The van der Waals surface area contributed by atoms with E-state index in [2.05, 4.69) is 29.5 Å². The van der Waals surface area contributed by atoms with E-state index in [0.29, 0.717) is 23.7 Å². The average Bonchev–Trinajstić information content (AvgIpc) is 2.96.